The lowest BCUT2D eigenvalue weighted by Crippen LogP contribution is -2.41. The van der Waals surface area contributed by atoms with Crippen LogP contribution in [0.5, 0.6) is 0 Å². The summed E-state index contributed by atoms with van der Waals surface area (Å²) in [5.41, 5.74) is 2.15. The summed E-state index contributed by atoms with van der Waals surface area (Å²) in [7, 11) is 0. The van der Waals surface area contributed by atoms with Crippen LogP contribution in [0, 0.1) is 0 Å². The Kier molecular flexibility index (Phi) is 9.57. The molecule has 7 nitrogen and oxygen atoms in total. The number of rotatable bonds is 6. The van der Waals surface area contributed by atoms with E-state index in [-0.39, 0.29) is 11.9 Å². The fourth-order valence-electron chi connectivity index (χ4n) is 1.95. The first-order valence-electron chi connectivity index (χ1n) is 8.05. The van der Waals surface area contributed by atoms with E-state index in [1.54, 1.807) is 0 Å². The molecule has 0 saturated heterocycles. The SMILES string of the molecule is CC(NCc1cccc(Cl)c1)C(=O)NCc1ccccc1.O=C(O)C(=O)O. The summed E-state index contributed by atoms with van der Waals surface area (Å²) in [4.78, 5) is 30.2. The number of hydrogen-bond acceptors (Lipinski definition) is 4. The van der Waals surface area contributed by atoms with Crippen LogP contribution in [0.1, 0.15) is 18.1 Å². The fraction of sp³-hybridized carbons (Fsp3) is 0.211. The highest BCUT2D eigenvalue weighted by atomic mass is 35.5. The molecular weight excluding hydrogens is 372 g/mol. The van der Waals surface area contributed by atoms with Crippen molar-refractivity contribution in [1.82, 2.24) is 10.6 Å². The number of aliphatic carboxylic acids is 2. The molecule has 0 saturated carbocycles. The molecule has 0 fully saturated rings. The zero-order valence-corrected chi connectivity index (χ0v) is 15.4. The van der Waals surface area contributed by atoms with Gasteiger partial charge in [0.1, 0.15) is 0 Å². The summed E-state index contributed by atoms with van der Waals surface area (Å²) in [5, 5.41) is 21.6. The first kappa shape index (κ1) is 22.1. The third-order valence-electron chi connectivity index (χ3n) is 3.39. The standard InChI is InChI=1S/C17H19ClN2O.C2H2O4/c1-13(19-12-15-8-5-9-16(18)10-15)17(21)20-11-14-6-3-2-4-7-14;3-1(4)2(5)6/h2-10,13,19H,11-12H2,1H3,(H,20,21);(H,3,4)(H,5,6). The smallest absolute Gasteiger partial charge is 0.414 e. The predicted molar refractivity (Wildman–Crippen MR) is 101 cm³/mol. The van der Waals surface area contributed by atoms with Gasteiger partial charge in [-0.3, -0.25) is 4.79 Å². The van der Waals surface area contributed by atoms with Crippen LogP contribution in [-0.2, 0) is 27.5 Å². The molecule has 0 spiro atoms. The van der Waals surface area contributed by atoms with Gasteiger partial charge in [-0.1, -0.05) is 54.1 Å². The van der Waals surface area contributed by atoms with E-state index >= 15 is 0 Å². The van der Waals surface area contributed by atoms with Crippen molar-refractivity contribution >= 4 is 29.4 Å². The summed E-state index contributed by atoms with van der Waals surface area (Å²) >= 11 is 5.93. The first-order chi connectivity index (χ1) is 12.8. The minimum absolute atomic E-state index is 0.0131. The quantitative estimate of drug-likeness (QED) is 0.560. The lowest BCUT2D eigenvalue weighted by atomic mass is 10.2. The number of benzene rings is 2. The van der Waals surface area contributed by atoms with E-state index in [0.717, 1.165) is 11.1 Å². The summed E-state index contributed by atoms with van der Waals surface area (Å²) in [6.45, 7) is 3.01. The van der Waals surface area contributed by atoms with Crippen molar-refractivity contribution in [2.45, 2.75) is 26.1 Å². The Balaban J connectivity index is 0.000000527. The number of halogens is 1. The molecule has 2 rings (SSSR count). The lowest BCUT2D eigenvalue weighted by molar-refractivity contribution is -0.159. The molecule has 4 N–H and O–H groups in total. The molecular formula is C19H21ClN2O5. The maximum Gasteiger partial charge on any atom is 0.414 e. The second-order valence-electron chi connectivity index (χ2n) is 5.55. The van der Waals surface area contributed by atoms with E-state index in [0.29, 0.717) is 18.1 Å². The topological polar surface area (TPSA) is 116 Å². The zero-order valence-electron chi connectivity index (χ0n) is 14.7. The summed E-state index contributed by atoms with van der Waals surface area (Å²) in [6, 6.07) is 17.2. The molecule has 0 heterocycles. The number of carboxylic acids is 2. The van der Waals surface area contributed by atoms with Crippen LogP contribution in [0.25, 0.3) is 0 Å². The number of carbonyl (C=O) groups is 3. The fourth-order valence-corrected chi connectivity index (χ4v) is 2.16. The van der Waals surface area contributed by atoms with Crippen LogP contribution in [0.15, 0.2) is 54.6 Å². The van der Waals surface area contributed by atoms with Gasteiger partial charge < -0.3 is 20.8 Å². The van der Waals surface area contributed by atoms with Crippen LogP contribution in [0.3, 0.4) is 0 Å². The molecule has 1 atom stereocenters. The molecule has 2 aromatic carbocycles. The van der Waals surface area contributed by atoms with Crippen LogP contribution in [0.2, 0.25) is 5.02 Å². The van der Waals surface area contributed by atoms with Crippen molar-refractivity contribution in [1.29, 1.82) is 0 Å². The molecule has 0 aromatic heterocycles. The Morgan fingerprint density at radius 2 is 1.52 bits per heavy atom. The van der Waals surface area contributed by atoms with Crippen molar-refractivity contribution < 1.29 is 24.6 Å². The van der Waals surface area contributed by atoms with E-state index in [9.17, 15) is 4.79 Å². The van der Waals surface area contributed by atoms with Crippen molar-refractivity contribution in [2.24, 2.45) is 0 Å². The van der Waals surface area contributed by atoms with Gasteiger partial charge >= 0.3 is 11.9 Å². The molecule has 144 valence electrons. The average Bonchev–Trinajstić information content (AvgIpc) is 2.65. The molecule has 1 amide bonds. The highest BCUT2D eigenvalue weighted by Gasteiger charge is 2.11. The highest BCUT2D eigenvalue weighted by Crippen LogP contribution is 2.10. The Labute approximate surface area is 162 Å². The zero-order chi connectivity index (χ0) is 20.2. The maximum absolute atomic E-state index is 12.0. The molecule has 0 aliphatic heterocycles. The monoisotopic (exact) mass is 392 g/mol. The average molecular weight is 393 g/mol. The molecule has 27 heavy (non-hydrogen) atoms. The van der Waals surface area contributed by atoms with E-state index in [1.807, 2.05) is 61.5 Å². The van der Waals surface area contributed by atoms with Gasteiger partial charge in [0.05, 0.1) is 6.04 Å². The molecule has 2 aromatic rings. The largest absolute Gasteiger partial charge is 0.473 e. The van der Waals surface area contributed by atoms with E-state index in [1.165, 1.54) is 0 Å². The molecule has 0 radical (unpaired) electrons. The Bertz CT molecular complexity index is 756. The summed E-state index contributed by atoms with van der Waals surface area (Å²) in [6.07, 6.45) is 0. The summed E-state index contributed by atoms with van der Waals surface area (Å²) < 4.78 is 0. The van der Waals surface area contributed by atoms with Crippen LogP contribution in [0.4, 0.5) is 0 Å². The molecule has 0 aliphatic carbocycles. The van der Waals surface area contributed by atoms with Gasteiger partial charge in [-0.15, -0.1) is 0 Å². The minimum atomic E-state index is -1.82. The number of carbonyl (C=O) groups excluding carboxylic acids is 1. The third kappa shape index (κ3) is 9.39. The maximum atomic E-state index is 12.0. The second-order valence-corrected chi connectivity index (χ2v) is 5.98. The van der Waals surface area contributed by atoms with Crippen LogP contribution in [-0.4, -0.2) is 34.1 Å². The summed E-state index contributed by atoms with van der Waals surface area (Å²) in [5.74, 6) is -3.66. The van der Waals surface area contributed by atoms with Crippen molar-refractivity contribution in [3.8, 4) is 0 Å². The van der Waals surface area contributed by atoms with Gasteiger partial charge in [-0.2, -0.15) is 0 Å². The Morgan fingerprint density at radius 3 is 2.07 bits per heavy atom. The normalized spacial score (nSPS) is 10.9. The predicted octanol–water partition coefficient (Wildman–Crippen LogP) is 2.29. The van der Waals surface area contributed by atoms with Crippen LogP contribution < -0.4 is 10.6 Å². The van der Waals surface area contributed by atoms with Gasteiger partial charge in [0, 0.05) is 18.1 Å². The lowest BCUT2D eigenvalue weighted by Gasteiger charge is -2.14. The first-order valence-corrected chi connectivity index (χ1v) is 8.43. The van der Waals surface area contributed by atoms with Crippen LogP contribution >= 0.6 is 11.6 Å². The number of carboxylic acid groups (broad SMARTS) is 2. The molecule has 0 aliphatic rings. The third-order valence-corrected chi connectivity index (χ3v) is 3.62. The van der Waals surface area contributed by atoms with Gasteiger partial charge in [-0.25, -0.2) is 9.59 Å². The number of nitrogens with one attached hydrogen (secondary N) is 2. The molecule has 1 unspecified atom stereocenters. The Morgan fingerprint density at radius 1 is 0.926 bits per heavy atom. The van der Waals surface area contributed by atoms with Crippen molar-refractivity contribution in [3.63, 3.8) is 0 Å². The van der Waals surface area contributed by atoms with E-state index in [4.69, 9.17) is 31.4 Å². The van der Waals surface area contributed by atoms with Crippen molar-refractivity contribution in [2.75, 3.05) is 0 Å². The second kappa shape index (κ2) is 11.7. The van der Waals surface area contributed by atoms with Gasteiger partial charge in [0.15, 0.2) is 0 Å². The molecule has 8 heteroatoms. The highest BCUT2D eigenvalue weighted by molar-refractivity contribution is 6.30. The Hall–Kier alpha value is -2.90. The van der Waals surface area contributed by atoms with E-state index in [2.05, 4.69) is 10.6 Å². The van der Waals surface area contributed by atoms with E-state index < -0.39 is 11.9 Å². The number of hydrogen-bond donors (Lipinski definition) is 4. The van der Waals surface area contributed by atoms with Crippen molar-refractivity contribution in [3.05, 3.63) is 70.7 Å². The minimum Gasteiger partial charge on any atom is -0.473 e. The molecule has 0 bridgehead atoms. The number of amides is 1. The van der Waals surface area contributed by atoms with Gasteiger partial charge in [0.25, 0.3) is 0 Å². The van der Waals surface area contributed by atoms with Gasteiger partial charge in [0.2, 0.25) is 5.91 Å². The van der Waals surface area contributed by atoms with Gasteiger partial charge in [-0.05, 0) is 30.2 Å².